The molecule has 0 amide bonds. The van der Waals surface area contributed by atoms with Crippen molar-refractivity contribution in [3.05, 3.63) is 66.8 Å². The van der Waals surface area contributed by atoms with Crippen molar-refractivity contribution in [1.29, 1.82) is 0 Å². The third-order valence-corrected chi connectivity index (χ3v) is 4.04. The first-order chi connectivity index (χ1) is 9.49. The van der Waals surface area contributed by atoms with Crippen LogP contribution in [0.1, 0.15) is 5.56 Å². The molecule has 0 heterocycles. The average molecular weight is 404 g/mol. The zero-order valence-electron chi connectivity index (χ0n) is 10.1. The summed E-state index contributed by atoms with van der Waals surface area (Å²) in [6, 6.07) is 9.73. The molecule has 0 bridgehead atoms. The summed E-state index contributed by atoms with van der Waals surface area (Å²) in [5, 5.41) is 13.9. The Morgan fingerprint density at radius 2 is 1.90 bits per heavy atom. The van der Waals surface area contributed by atoms with Crippen LogP contribution in [0.4, 0.5) is 15.8 Å². The Hall–Kier alpha value is -1.47. The number of benzene rings is 2. The molecule has 0 aliphatic heterocycles. The number of anilines is 1. The number of nitro benzene ring substituents is 1. The Morgan fingerprint density at radius 1 is 1.20 bits per heavy atom. The third kappa shape index (κ3) is 3.34. The highest BCUT2D eigenvalue weighted by molar-refractivity contribution is 9.10. The molecule has 0 aromatic heterocycles. The fraction of sp³-hybridized carbons (Fsp3) is 0.0769. The number of halogens is 3. The van der Waals surface area contributed by atoms with E-state index in [1.807, 2.05) is 24.3 Å². The predicted molar refractivity (Wildman–Crippen MR) is 82.2 cm³/mol. The summed E-state index contributed by atoms with van der Waals surface area (Å²) < 4.78 is 14.5. The molecule has 4 nitrogen and oxygen atoms in total. The number of nitrogens with one attached hydrogen (secondary N) is 1. The lowest BCUT2D eigenvalue weighted by atomic mass is 10.2. The van der Waals surface area contributed by atoms with Gasteiger partial charge in [-0.15, -0.1) is 0 Å². The molecule has 0 radical (unpaired) electrons. The van der Waals surface area contributed by atoms with Crippen molar-refractivity contribution in [2.75, 3.05) is 5.32 Å². The summed E-state index contributed by atoms with van der Waals surface area (Å²) in [6.45, 7) is 0.351. The lowest BCUT2D eigenvalue weighted by Gasteiger charge is -2.09. The van der Waals surface area contributed by atoms with E-state index in [2.05, 4.69) is 37.2 Å². The lowest BCUT2D eigenvalue weighted by molar-refractivity contribution is -0.384. The predicted octanol–water partition coefficient (Wildman–Crippen LogP) is 4.87. The summed E-state index contributed by atoms with van der Waals surface area (Å²) in [7, 11) is 0. The van der Waals surface area contributed by atoms with E-state index < -0.39 is 10.7 Å². The molecule has 2 aromatic rings. The molecule has 20 heavy (non-hydrogen) atoms. The van der Waals surface area contributed by atoms with Gasteiger partial charge in [0, 0.05) is 23.2 Å². The minimum absolute atomic E-state index is 0.0654. The molecular weight excluding hydrogens is 395 g/mol. The second kappa shape index (κ2) is 6.32. The van der Waals surface area contributed by atoms with E-state index in [0.717, 1.165) is 22.2 Å². The Balaban J connectivity index is 2.27. The first kappa shape index (κ1) is 14.9. The smallest absolute Gasteiger partial charge is 0.293 e. The number of rotatable bonds is 4. The molecule has 7 heteroatoms. The third-order valence-electron chi connectivity index (χ3n) is 2.66. The molecule has 0 saturated carbocycles. The normalized spacial score (nSPS) is 10.3. The highest BCUT2D eigenvalue weighted by Crippen LogP contribution is 2.31. The fourth-order valence-electron chi connectivity index (χ4n) is 1.66. The molecule has 1 N–H and O–H groups in total. The Morgan fingerprint density at radius 3 is 2.55 bits per heavy atom. The topological polar surface area (TPSA) is 55.2 Å². The van der Waals surface area contributed by atoms with Crippen LogP contribution in [0.2, 0.25) is 0 Å². The van der Waals surface area contributed by atoms with Gasteiger partial charge < -0.3 is 5.32 Å². The van der Waals surface area contributed by atoms with Crippen LogP contribution < -0.4 is 5.32 Å². The fourth-order valence-corrected chi connectivity index (χ4v) is 2.42. The zero-order chi connectivity index (χ0) is 14.7. The van der Waals surface area contributed by atoms with Gasteiger partial charge in [-0.05, 0) is 27.6 Å². The van der Waals surface area contributed by atoms with Crippen LogP contribution in [-0.2, 0) is 6.54 Å². The standard InChI is InChI=1S/C13H9Br2FN2O2/c14-9-4-2-1-3-8(9)7-17-12-6-11(16)10(15)5-13(12)18(19)20/h1-6,17H,7H2. The van der Waals surface area contributed by atoms with E-state index in [4.69, 9.17) is 0 Å². The van der Waals surface area contributed by atoms with Crippen LogP contribution >= 0.6 is 31.9 Å². The van der Waals surface area contributed by atoms with Crippen LogP contribution in [0.5, 0.6) is 0 Å². The summed E-state index contributed by atoms with van der Waals surface area (Å²) in [4.78, 5) is 10.4. The molecular formula is C13H9Br2FN2O2. The minimum atomic E-state index is -0.551. The molecule has 0 spiro atoms. The monoisotopic (exact) mass is 402 g/mol. The van der Waals surface area contributed by atoms with Crippen molar-refractivity contribution in [2.45, 2.75) is 6.54 Å². The maximum absolute atomic E-state index is 13.5. The second-order valence-electron chi connectivity index (χ2n) is 3.99. The molecule has 0 fully saturated rings. The van der Waals surface area contributed by atoms with Crippen molar-refractivity contribution < 1.29 is 9.31 Å². The summed E-state index contributed by atoms with van der Waals surface area (Å²) in [5.74, 6) is -0.551. The quantitative estimate of drug-likeness (QED) is 0.585. The van der Waals surface area contributed by atoms with Crippen LogP contribution in [-0.4, -0.2) is 4.92 Å². The van der Waals surface area contributed by atoms with Gasteiger partial charge >= 0.3 is 0 Å². The van der Waals surface area contributed by atoms with Crippen molar-refractivity contribution in [3.8, 4) is 0 Å². The van der Waals surface area contributed by atoms with Gasteiger partial charge in [0.05, 0.1) is 9.40 Å². The SMILES string of the molecule is O=[N+]([O-])c1cc(Br)c(F)cc1NCc1ccccc1Br. The first-order valence-electron chi connectivity index (χ1n) is 5.59. The van der Waals surface area contributed by atoms with Crippen LogP contribution in [0.15, 0.2) is 45.3 Å². The van der Waals surface area contributed by atoms with Gasteiger partial charge in [-0.1, -0.05) is 34.1 Å². The van der Waals surface area contributed by atoms with E-state index in [9.17, 15) is 14.5 Å². The van der Waals surface area contributed by atoms with Crippen molar-refractivity contribution in [3.63, 3.8) is 0 Å². The first-order valence-corrected chi connectivity index (χ1v) is 7.18. The summed E-state index contributed by atoms with van der Waals surface area (Å²) in [6.07, 6.45) is 0. The van der Waals surface area contributed by atoms with E-state index in [1.54, 1.807) is 0 Å². The van der Waals surface area contributed by atoms with Gasteiger partial charge in [-0.3, -0.25) is 10.1 Å². The molecule has 0 saturated heterocycles. The maximum Gasteiger partial charge on any atom is 0.293 e. The molecule has 0 aliphatic rings. The zero-order valence-corrected chi connectivity index (χ0v) is 13.2. The van der Waals surface area contributed by atoms with E-state index in [1.165, 1.54) is 0 Å². The van der Waals surface area contributed by atoms with Crippen LogP contribution in [0, 0.1) is 15.9 Å². The maximum atomic E-state index is 13.5. The second-order valence-corrected chi connectivity index (χ2v) is 5.69. The van der Waals surface area contributed by atoms with Gasteiger partial charge in [-0.25, -0.2) is 4.39 Å². The van der Waals surface area contributed by atoms with Crippen molar-refractivity contribution >= 4 is 43.2 Å². The average Bonchev–Trinajstić information content (AvgIpc) is 2.41. The van der Waals surface area contributed by atoms with Gasteiger partial charge in [0.2, 0.25) is 0 Å². The Labute approximate surface area is 131 Å². The van der Waals surface area contributed by atoms with Gasteiger partial charge in [0.15, 0.2) is 0 Å². The van der Waals surface area contributed by atoms with Gasteiger partial charge in [0.25, 0.3) is 5.69 Å². The lowest BCUT2D eigenvalue weighted by Crippen LogP contribution is -2.04. The van der Waals surface area contributed by atoms with E-state index in [0.29, 0.717) is 6.54 Å². The molecule has 2 rings (SSSR count). The summed E-state index contributed by atoms with van der Waals surface area (Å²) in [5.41, 5.74) is 0.891. The molecule has 0 atom stereocenters. The van der Waals surface area contributed by atoms with E-state index in [-0.39, 0.29) is 15.8 Å². The highest BCUT2D eigenvalue weighted by Gasteiger charge is 2.17. The Bertz CT molecular complexity index is 665. The van der Waals surface area contributed by atoms with Gasteiger partial charge in [-0.2, -0.15) is 0 Å². The number of nitrogens with zero attached hydrogens (tertiary/aromatic N) is 1. The minimum Gasteiger partial charge on any atom is -0.375 e. The van der Waals surface area contributed by atoms with Crippen LogP contribution in [0.3, 0.4) is 0 Å². The van der Waals surface area contributed by atoms with Crippen molar-refractivity contribution in [1.82, 2.24) is 0 Å². The largest absolute Gasteiger partial charge is 0.375 e. The molecule has 0 unspecified atom stereocenters. The van der Waals surface area contributed by atoms with E-state index >= 15 is 0 Å². The number of hydrogen-bond acceptors (Lipinski definition) is 3. The van der Waals surface area contributed by atoms with Crippen LogP contribution in [0.25, 0.3) is 0 Å². The molecule has 2 aromatic carbocycles. The molecule has 104 valence electrons. The number of nitro groups is 1. The molecule has 0 aliphatic carbocycles. The highest BCUT2D eigenvalue weighted by atomic mass is 79.9. The summed E-state index contributed by atoms with van der Waals surface area (Å²) >= 11 is 6.33. The van der Waals surface area contributed by atoms with Crippen molar-refractivity contribution in [2.24, 2.45) is 0 Å². The number of hydrogen-bond donors (Lipinski definition) is 1. The Kier molecular flexibility index (Phi) is 4.72. The van der Waals surface area contributed by atoms with Gasteiger partial charge in [0.1, 0.15) is 11.5 Å².